The molecule has 2 aromatic heterocycles. The molecule has 1 fully saturated rings. The summed E-state index contributed by atoms with van der Waals surface area (Å²) in [5.41, 5.74) is 5.76. The number of sulfone groups is 1. The number of nitrogens with two attached hydrogens (primary N) is 1. The molecule has 114 valence electrons. The highest BCUT2D eigenvalue weighted by molar-refractivity contribution is 9.11. The second kappa shape index (κ2) is 5.86. The van der Waals surface area contributed by atoms with Gasteiger partial charge in [-0.2, -0.15) is 4.37 Å². The summed E-state index contributed by atoms with van der Waals surface area (Å²) in [5.74, 6) is 0.119. The first-order valence-corrected chi connectivity index (χ1v) is 10.4. The number of aromatic nitrogens is 1. The van der Waals surface area contributed by atoms with Crippen molar-refractivity contribution in [2.45, 2.75) is 29.4 Å². The van der Waals surface area contributed by atoms with Crippen LogP contribution >= 0.6 is 38.8 Å². The average molecular weight is 408 g/mol. The molecule has 1 aliphatic carbocycles. The fourth-order valence-corrected chi connectivity index (χ4v) is 6.41. The Labute approximate surface area is 139 Å². The molecule has 0 saturated heterocycles. The largest absolute Gasteiger partial charge is 0.382 e. The van der Waals surface area contributed by atoms with Crippen molar-refractivity contribution in [3.8, 4) is 0 Å². The van der Waals surface area contributed by atoms with Crippen molar-refractivity contribution in [2.24, 2.45) is 0 Å². The summed E-state index contributed by atoms with van der Waals surface area (Å²) in [7, 11) is -3.32. The van der Waals surface area contributed by atoms with Gasteiger partial charge in [-0.3, -0.25) is 0 Å². The molecule has 0 bridgehead atoms. The third-order valence-electron chi connectivity index (χ3n) is 3.21. The van der Waals surface area contributed by atoms with Crippen LogP contribution in [0.4, 0.5) is 10.8 Å². The highest BCUT2D eigenvalue weighted by atomic mass is 79.9. The van der Waals surface area contributed by atoms with E-state index in [1.807, 2.05) is 6.07 Å². The number of nitrogens with one attached hydrogen (secondary N) is 1. The van der Waals surface area contributed by atoms with Crippen LogP contribution in [-0.4, -0.2) is 24.6 Å². The standard InChI is InChI=1S/C12H14BrN3O2S3/c13-9-4-1-7(19-9)5-6-15-12-10(11(14)16-20-12)21(17,18)8-2-3-8/h1,4,8,15H,2-3,5-6H2,(H2,14,16). The monoisotopic (exact) mass is 407 g/mol. The van der Waals surface area contributed by atoms with E-state index in [0.29, 0.717) is 11.5 Å². The van der Waals surface area contributed by atoms with Gasteiger partial charge in [0.1, 0.15) is 9.90 Å². The molecule has 5 nitrogen and oxygen atoms in total. The molecule has 3 rings (SSSR count). The molecule has 2 heterocycles. The van der Waals surface area contributed by atoms with Crippen LogP contribution in [0, 0.1) is 0 Å². The van der Waals surface area contributed by atoms with Gasteiger partial charge >= 0.3 is 0 Å². The molecule has 9 heteroatoms. The lowest BCUT2D eigenvalue weighted by atomic mass is 10.3. The SMILES string of the molecule is Nc1nsc(NCCc2ccc(Br)s2)c1S(=O)(=O)C1CC1. The zero-order chi connectivity index (χ0) is 15.0. The Kier molecular flexibility index (Phi) is 4.26. The van der Waals surface area contributed by atoms with Gasteiger partial charge in [0.2, 0.25) is 0 Å². The Bertz CT molecular complexity index is 750. The Hall–Kier alpha value is -0.640. The summed E-state index contributed by atoms with van der Waals surface area (Å²) in [6.07, 6.45) is 2.28. The van der Waals surface area contributed by atoms with Crippen molar-refractivity contribution in [2.75, 3.05) is 17.6 Å². The maximum absolute atomic E-state index is 12.4. The van der Waals surface area contributed by atoms with Crippen molar-refractivity contribution in [1.82, 2.24) is 4.37 Å². The van der Waals surface area contributed by atoms with Crippen LogP contribution in [0.1, 0.15) is 17.7 Å². The Morgan fingerprint density at radius 1 is 1.43 bits per heavy atom. The van der Waals surface area contributed by atoms with Crippen molar-refractivity contribution >= 4 is 59.5 Å². The molecule has 0 unspecified atom stereocenters. The molecule has 0 amide bonds. The van der Waals surface area contributed by atoms with Gasteiger partial charge in [-0.25, -0.2) is 8.42 Å². The van der Waals surface area contributed by atoms with E-state index in [1.54, 1.807) is 11.3 Å². The highest BCUT2D eigenvalue weighted by Crippen LogP contribution is 2.40. The molecular formula is C12H14BrN3O2S3. The number of thiophene rings is 1. The maximum Gasteiger partial charge on any atom is 0.187 e. The van der Waals surface area contributed by atoms with E-state index in [4.69, 9.17) is 5.73 Å². The second-order valence-electron chi connectivity index (χ2n) is 4.85. The topological polar surface area (TPSA) is 85.1 Å². The normalized spacial score (nSPS) is 15.3. The first kappa shape index (κ1) is 15.3. The molecule has 1 aliphatic rings. The summed E-state index contributed by atoms with van der Waals surface area (Å²) in [5, 5.41) is 3.46. The van der Waals surface area contributed by atoms with E-state index in [9.17, 15) is 8.42 Å². The summed E-state index contributed by atoms with van der Waals surface area (Å²) in [6, 6.07) is 4.06. The maximum atomic E-state index is 12.4. The summed E-state index contributed by atoms with van der Waals surface area (Å²) < 4.78 is 29.8. The van der Waals surface area contributed by atoms with E-state index < -0.39 is 9.84 Å². The fraction of sp³-hybridized carbons (Fsp3) is 0.417. The van der Waals surface area contributed by atoms with Crippen molar-refractivity contribution in [1.29, 1.82) is 0 Å². The van der Waals surface area contributed by atoms with E-state index in [-0.39, 0.29) is 16.0 Å². The van der Waals surface area contributed by atoms with Gasteiger partial charge in [0, 0.05) is 11.4 Å². The number of rotatable bonds is 6. The van der Waals surface area contributed by atoms with Crippen LogP contribution in [0.25, 0.3) is 0 Å². The van der Waals surface area contributed by atoms with Crippen LogP contribution in [0.15, 0.2) is 20.8 Å². The first-order valence-electron chi connectivity index (χ1n) is 6.45. The number of hydrogen-bond acceptors (Lipinski definition) is 7. The minimum absolute atomic E-state index is 0.119. The van der Waals surface area contributed by atoms with Gasteiger partial charge in [-0.1, -0.05) is 0 Å². The predicted molar refractivity (Wildman–Crippen MR) is 90.9 cm³/mol. The highest BCUT2D eigenvalue weighted by Gasteiger charge is 2.40. The van der Waals surface area contributed by atoms with E-state index in [1.165, 1.54) is 4.88 Å². The molecule has 2 aromatic rings. The Morgan fingerprint density at radius 2 is 2.19 bits per heavy atom. The fourth-order valence-electron chi connectivity index (χ4n) is 2.01. The quantitative estimate of drug-likeness (QED) is 0.767. The number of hydrogen-bond donors (Lipinski definition) is 2. The van der Waals surface area contributed by atoms with Crippen molar-refractivity contribution in [3.05, 3.63) is 20.8 Å². The van der Waals surface area contributed by atoms with Crippen LogP contribution in [0.5, 0.6) is 0 Å². The first-order chi connectivity index (χ1) is 9.98. The van der Waals surface area contributed by atoms with E-state index in [0.717, 1.165) is 34.6 Å². The molecule has 0 atom stereocenters. The van der Waals surface area contributed by atoms with Crippen LogP contribution in [0.2, 0.25) is 0 Å². The van der Waals surface area contributed by atoms with Gasteiger partial charge in [0.15, 0.2) is 15.7 Å². The predicted octanol–water partition coefficient (Wildman–Crippen LogP) is 3.14. The number of nitrogens with zero attached hydrogens (tertiary/aromatic N) is 1. The smallest absolute Gasteiger partial charge is 0.187 e. The lowest BCUT2D eigenvalue weighted by Gasteiger charge is -2.07. The van der Waals surface area contributed by atoms with Crippen molar-refractivity contribution in [3.63, 3.8) is 0 Å². The molecule has 0 radical (unpaired) electrons. The summed E-state index contributed by atoms with van der Waals surface area (Å²) in [6.45, 7) is 0.655. The molecule has 0 aliphatic heterocycles. The molecule has 0 aromatic carbocycles. The third-order valence-corrected chi connectivity index (χ3v) is 8.17. The molecule has 0 spiro atoms. The Morgan fingerprint density at radius 3 is 2.81 bits per heavy atom. The van der Waals surface area contributed by atoms with Crippen LogP contribution in [-0.2, 0) is 16.3 Å². The van der Waals surface area contributed by atoms with Crippen LogP contribution in [0.3, 0.4) is 0 Å². The third kappa shape index (κ3) is 3.25. The van der Waals surface area contributed by atoms with E-state index in [2.05, 4.69) is 31.7 Å². The molecule has 3 N–H and O–H groups in total. The number of anilines is 2. The number of nitrogen functional groups attached to an aromatic ring is 1. The lowest BCUT2D eigenvalue weighted by Crippen LogP contribution is -2.12. The van der Waals surface area contributed by atoms with Gasteiger partial charge in [-0.05, 0) is 58.9 Å². The number of halogens is 1. The summed E-state index contributed by atoms with van der Waals surface area (Å²) >= 11 is 6.22. The zero-order valence-electron chi connectivity index (χ0n) is 11.0. The molecule has 1 saturated carbocycles. The van der Waals surface area contributed by atoms with E-state index >= 15 is 0 Å². The summed E-state index contributed by atoms with van der Waals surface area (Å²) in [4.78, 5) is 1.43. The second-order valence-corrected chi connectivity index (χ2v) is 10.3. The molecule has 21 heavy (non-hydrogen) atoms. The minimum atomic E-state index is -3.32. The molecular weight excluding hydrogens is 394 g/mol. The van der Waals surface area contributed by atoms with Crippen molar-refractivity contribution < 1.29 is 8.42 Å². The van der Waals surface area contributed by atoms with Gasteiger partial charge < -0.3 is 11.1 Å². The van der Waals surface area contributed by atoms with Gasteiger partial charge in [0.05, 0.1) is 9.04 Å². The average Bonchev–Trinajstić information content (AvgIpc) is 3.12. The van der Waals surface area contributed by atoms with Gasteiger partial charge in [0.25, 0.3) is 0 Å². The van der Waals surface area contributed by atoms with Gasteiger partial charge in [-0.15, -0.1) is 11.3 Å². The lowest BCUT2D eigenvalue weighted by molar-refractivity contribution is 0.595. The Balaban J connectivity index is 1.71. The zero-order valence-corrected chi connectivity index (χ0v) is 15.0. The minimum Gasteiger partial charge on any atom is -0.382 e. The van der Waals surface area contributed by atoms with Crippen LogP contribution < -0.4 is 11.1 Å².